The summed E-state index contributed by atoms with van der Waals surface area (Å²) in [5, 5.41) is 4.55. The monoisotopic (exact) mass is 290 g/mol. The SMILES string of the molecule is CCc1cnc(CNCc2cccc3c2OCCO3)s1. The van der Waals surface area contributed by atoms with Gasteiger partial charge in [0.15, 0.2) is 11.5 Å². The highest BCUT2D eigenvalue weighted by Crippen LogP contribution is 2.33. The molecular formula is C15H18N2O2S. The zero-order chi connectivity index (χ0) is 13.8. The largest absolute Gasteiger partial charge is 0.486 e. The molecular weight excluding hydrogens is 272 g/mol. The molecule has 0 spiro atoms. The van der Waals surface area contributed by atoms with Crippen molar-refractivity contribution >= 4 is 11.3 Å². The summed E-state index contributed by atoms with van der Waals surface area (Å²) in [4.78, 5) is 5.74. The molecule has 1 N–H and O–H groups in total. The van der Waals surface area contributed by atoms with E-state index in [2.05, 4.69) is 23.3 Å². The molecule has 0 fully saturated rings. The van der Waals surface area contributed by atoms with Crippen molar-refractivity contribution in [3.05, 3.63) is 39.8 Å². The maximum Gasteiger partial charge on any atom is 0.165 e. The van der Waals surface area contributed by atoms with Crippen LogP contribution in [0.1, 0.15) is 22.4 Å². The Balaban J connectivity index is 1.61. The summed E-state index contributed by atoms with van der Waals surface area (Å²) in [6.07, 6.45) is 3.01. The number of hydrogen-bond donors (Lipinski definition) is 1. The fourth-order valence-corrected chi connectivity index (χ4v) is 3.00. The molecule has 1 aromatic carbocycles. The van der Waals surface area contributed by atoms with E-state index in [9.17, 15) is 0 Å². The van der Waals surface area contributed by atoms with Crippen molar-refractivity contribution in [2.24, 2.45) is 0 Å². The first-order valence-corrected chi connectivity index (χ1v) is 7.70. The number of nitrogens with zero attached hydrogens (tertiary/aromatic N) is 1. The predicted molar refractivity (Wildman–Crippen MR) is 79.5 cm³/mol. The molecule has 2 aromatic rings. The number of aromatic nitrogens is 1. The molecule has 1 aromatic heterocycles. The molecule has 3 rings (SSSR count). The lowest BCUT2D eigenvalue weighted by Gasteiger charge is -2.21. The minimum Gasteiger partial charge on any atom is -0.486 e. The van der Waals surface area contributed by atoms with E-state index in [0.29, 0.717) is 13.2 Å². The summed E-state index contributed by atoms with van der Waals surface area (Å²) >= 11 is 1.77. The average Bonchev–Trinajstić information content (AvgIpc) is 2.95. The lowest BCUT2D eigenvalue weighted by atomic mass is 10.1. The Bertz CT molecular complexity index is 583. The number of aryl methyl sites for hydroxylation is 1. The zero-order valence-electron chi connectivity index (χ0n) is 11.5. The van der Waals surface area contributed by atoms with Crippen molar-refractivity contribution in [1.82, 2.24) is 10.3 Å². The fraction of sp³-hybridized carbons (Fsp3) is 0.400. The van der Waals surface area contributed by atoms with E-state index in [1.54, 1.807) is 11.3 Å². The molecule has 0 saturated heterocycles. The molecule has 4 nitrogen and oxygen atoms in total. The quantitative estimate of drug-likeness (QED) is 0.919. The number of ether oxygens (including phenoxy) is 2. The van der Waals surface area contributed by atoms with Crippen molar-refractivity contribution in [1.29, 1.82) is 0 Å². The van der Waals surface area contributed by atoms with Crippen LogP contribution < -0.4 is 14.8 Å². The molecule has 0 amide bonds. The smallest absolute Gasteiger partial charge is 0.165 e. The standard InChI is InChI=1S/C15H18N2O2S/c1-2-12-9-17-14(20-12)10-16-8-11-4-3-5-13-15(11)19-7-6-18-13/h3-5,9,16H,2,6-8,10H2,1H3. The maximum atomic E-state index is 5.70. The van der Waals surface area contributed by atoms with Crippen LogP contribution in [-0.4, -0.2) is 18.2 Å². The van der Waals surface area contributed by atoms with Gasteiger partial charge in [-0.25, -0.2) is 4.98 Å². The normalized spacial score (nSPS) is 13.4. The van der Waals surface area contributed by atoms with Crippen LogP contribution in [0.4, 0.5) is 0 Å². The van der Waals surface area contributed by atoms with Crippen LogP contribution in [0.2, 0.25) is 0 Å². The van der Waals surface area contributed by atoms with Gasteiger partial charge in [-0.15, -0.1) is 11.3 Å². The van der Waals surface area contributed by atoms with Gasteiger partial charge in [0.05, 0.1) is 0 Å². The molecule has 0 aliphatic carbocycles. The third-order valence-corrected chi connectivity index (χ3v) is 4.33. The molecule has 2 heterocycles. The van der Waals surface area contributed by atoms with Gasteiger partial charge in [-0.2, -0.15) is 0 Å². The number of benzene rings is 1. The van der Waals surface area contributed by atoms with Crippen LogP contribution in [0, 0.1) is 0 Å². The molecule has 20 heavy (non-hydrogen) atoms. The number of fused-ring (bicyclic) bond motifs is 1. The molecule has 0 unspecified atom stereocenters. The van der Waals surface area contributed by atoms with Crippen molar-refractivity contribution < 1.29 is 9.47 Å². The molecule has 0 radical (unpaired) electrons. The van der Waals surface area contributed by atoms with Crippen LogP contribution in [-0.2, 0) is 19.5 Å². The Morgan fingerprint density at radius 3 is 3.00 bits per heavy atom. The molecule has 1 aliphatic heterocycles. The van der Waals surface area contributed by atoms with E-state index in [0.717, 1.165) is 41.6 Å². The van der Waals surface area contributed by atoms with Gasteiger partial charge in [0.25, 0.3) is 0 Å². The van der Waals surface area contributed by atoms with Gasteiger partial charge in [0.2, 0.25) is 0 Å². The lowest BCUT2D eigenvalue weighted by molar-refractivity contribution is 0.169. The fourth-order valence-electron chi connectivity index (χ4n) is 2.17. The second kappa shape index (κ2) is 6.24. The van der Waals surface area contributed by atoms with Crippen molar-refractivity contribution in [3.63, 3.8) is 0 Å². The van der Waals surface area contributed by atoms with E-state index in [1.165, 1.54) is 4.88 Å². The molecule has 1 aliphatic rings. The van der Waals surface area contributed by atoms with E-state index >= 15 is 0 Å². The van der Waals surface area contributed by atoms with Gasteiger partial charge in [-0.05, 0) is 12.5 Å². The van der Waals surface area contributed by atoms with Gasteiger partial charge < -0.3 is 14.8 Å². The number of thiazole rings is 1. The van der Waals surface area contributed by atoms with Gasteiger partial charge >= 0.3 is 0 Å². The van der Waals surface area contributed by atoms with E-state index in [1.807, 2.05) is 18.3 Å². The topological polar surface area (TPSA) is 43.4 Å². The van der Waals surface area contributed by atoms with Crippen LogP contribution in [0.3, 0.4) is 0 Å². The highest BCUT2D eigenvalue weighted by molar-refractivity contribution is 7.11. The van der Waals surface area contributed by atoms with Crippen LogP contribution in [0.25, 0.3) is 0 Å². The number of rotatable bonds is 5. The summed E-state index contributed by atoms with van der Waals surface area (Å²) in [5.41, 5.74) is 1.13. The Morgan fingerprint density at radius 1 is 1.25 bits per heavy atom. The first kappa shape index (κ1) is 13.4. The molecule has 106 valence electrons. The number of nitrogens with one attached hydrogen (secondary N) is 1. The summed E-state index contributed by atoms with van der Waals surface area (Å²) < 4.78 is 11.3. The first-order chi connectivity index (χ1) is 9.86. The third kappa shape index (κ3) is 2.94. The van der Waals surface area contributed by atoms with Crippen LogP contribution in [0.5, 0.6) is 11.5 Å². The molecule has 0 saturated carbocycles. The van der Waals surface area contributed by atoms with Crippen molar-refractivity contribution in [2.75, 3.05) is 13.2 Å². The van der Waals surface area contributed by atoms with Crippen molar-refractivity contribution in [2.45, 2.75) is 26.4 Å². The van der Waals surface area contributed by atoms with Gasteiger partial charge in [0.1, 0.15) is 18.2 Å². The third-order valence-electron chi connectivity index (χ3n) is 3.19. The number of hydrogen-bond acceptors (Lipinski definition) is 5. The minimum atomic E-state index is 0.621. The zero-order valence-corrected chi connectivity index (χ0v) is 12.3. The maximum absolute atomic E-state index is 5.70. The average molecular weight is 290 g/mol. The van der Waals surface area contributed by atoms with E-state index < -0.39 is 0 Å². The molecule has 0 atom stereocenters. The highest BCUT2D eigenvalue weighted by atomic mass is 32.1. The minimum absolute atomic E-state index is 0.621. The van der Waals surface area contributed by atoms with Crippen molar-refractivity contribution in [3.8, 4) is 11.5 Å². The molecule has 5 heteroatoms. The summed E-state index contributed by atoms with van der Waals surface area (Å²) in [6.45, 7) is 4.94. The van der Waals surface area contributed by atoms with Crippen LogP contribution >= 0.6 is 11.3 Å². The Morgan fingerprint density at radius 2 is 2.15 bits per heavy atom. The summed E-state index contributed by atoms with van der Waals surface area (Å²) in [6, 6.07) is 6.02. The second-order valence-corrected chi connectivity index (χ2v) is 5.82. The summed E-state index contributed by atoms with van der Waals surface area (Å²) in [5.74, 6) is 1.72. The van der Waals surface area contributed by atoms with E-state index in [-0.39, 0.29) is 0 Å². The van der Waals surface area contributed by atoms with Gasteiger partial charge in [-0.3, -0.25) is 0 Å². The Kier molecular flexibility index (Phi) is 4.18. The second-order valence-electron chi connectivity index (χ2n) is 4.62. The molecule has 0 bridgehead atoms. The highest BCUT2D eigenvalue weighted by Gasteiger charge is 2.15. The van der Waals surface area contributed by atoms with Gasteiger partial charge in [-0.1, -0.05) is 19.1 Å². The lowest BCUT2D eigenvalue weighted by Crippen LogP contribution is -2.19. The van der Waals surface area contributed by atoms with Gasteiger partial charge in [0, 0.05) is 29.7 Å². The Labute approximate surface area is 122 Å². The Hall–Kier alpha value is -1.59. The number of para-hydroxylation sites is 1. The first-order valence-electron chi connectivity index (χ1n) is 6.88. The van der Waals surface area contributed by atoms with Crippen LogP contribution in [0.15, 0.2) is 24.4 Å². The summed E-state index contributed by atoms with van der Waals surface area (Å²) in [7, 11) is 0. The predicted octanol–water partition coefficient (Wildman–Crippen LogP) is 2.77. The van der Waals surface area contributed by atoms with E-state index in [4.69, 9.17) is 9.47 Å².